The molecular formula is C27H33Cl4F3N7O3-3. The van der Waals surface area contributed by atoms with Gasteiger partial charge in [0.15, 0.2) is 6.20 Å². The smallest absolute Gasteiger partial charge is 0.416 e. The molecule has 3 rings (SSSR count). The zero-order valence-electron chi connectivity index (χ0n) is 23.2. The average Bonchev–Trinajstić information content (AvgIpc) is 2.93. The van der Waals surface area contributed by atoms with Crippen molar-refractivity contribution in [1.82, 2.24) is 10.2 Å². The van der Waals surface area contributed by atoms with Gasteiger partial charge in [-0.15, -0.1) is 0 Å². The summed E-state index contributed by atoms with van der Waals surface area (Å²) in [5.74, 6) is -1.61. The highest BCUT2D eigenvalue weighted by Crippen LogP contribution is 2.29. The topological polar surface area (TPSA) is 171 Å². The first-order valence-corrected chi connectivity index (χ1v) is 12.6. The SMILES string of the molecule is NCCN(CN)C(=O)CC[C@H](N)C(=O)N[C@H](Cc1ccc(C(F)(F)F)cc1)C(=O)Nc1c[nH+]c2ccccc2c1.[Cl-].[Cl-].[Cl-].[Cl-]. The van der Waals surface area contributed by atoms with Crippen LogP contribution >= 0.6 is 0 Å². The Morgan fingerprint density at radius 1 is 0.932 bits per heavy atom. The summed E-state index contributed by atoms with van der Waals surface area (Å²) in [5, 5.41) is 6.14. The van der Waals surface area contributed by atoms with Gasteiger partial charge in [-0.2, -0.15) is 13.2 Å². The second-order valence-electron chi connectivity index (χ2n) is 9.20. The maximum Gasteiger partial charge on any atom is 0.416 e. The lowest BCUT2D eigenvalue weighted by Crippen LogP contribution is -3.00. The van der Waals surface area contributed by atoms with Crippen molar-refractivity contribution in [3.63, 3.8) is 0 Å². The highest BCUT2D eigenvalue weighted by atomic mass is 35.5. The number of aromatic nitrogens is 1. The molecule has 246 valence electrons. The van der Waals surface area contributed by atoms with Gasteiger partial charge in [-0.05, 0) is 36.2 Å². The molecule has 0 spiro atoms. The van der Waals surface area contributed by atoms with Crippen molar-refractivity contribution >= 4 is 34.3 Å². The number of carbonyl (C=O) groups is 3. The van der Waals surface area contributed by atoms with Gasteiger partial charge in [0.1, 0.15) is 11.7 Å². The van der Waals surface area contributed by atoms with Crippen LogP contribution in [0.5, 0.6) is 0 Å². The third kappa shape index (κ3) is 12.6. The van der Waals surface area contributed by atoms with Gasteiger partial charge in [-0.1, -0.05) is 24.3 Å². The third-order valence-electron chi connectivity index (χ3n) is 6.25. The van der Waals surface area contributed by atoms with E-state index < -0.39 is 35.6 Å². The predicted molar refractivity (Wildman–Crippen MR) is 143 cm³/mol. The summed E-state index contributed by atoms with van der Waals surface area (Å²) >= 11 is 0. The van der Waals surface area contributed by atoms with Gasteiger partial charge in [-0.3, -0.25) is 14.4 Å². The van der Waals surface area contributed by atoms with Crippen LogP contribution in [0.3, 0.4) is 0 Å². The molecule has 0 aliphatic rings. The fourth-order valence-corrected chi connectivity index (χ4v) is 4.02. The van der Waals surface area contributed by atoms with Crippen molar-refractivity contribution in [1.29, 1.82) is 0 Å². The number of halogens is 7. The number of carbonyl (C=O) groups excluding carboxylic acids is 3. The Hall–Kier alpha value is -2.91. The Balaban J connectivity index is 0. The molecule has 0 unspecified atom stereocenters. The van der Waals surface area contributed by atoms with Gasteiger partial charge in [0, 0.05) is 37.4 Å². The minimum absolute atomic E-state index is 0. The number of benzene rings is 2. The number of hydrogen-bond acceptors (Lipinski definition) is 6. The maximum atomic E-state index is 13.3. The van der Waals surface area contributed by atoms with Crippen LogP contribution in [0.4, 0.5) is 18.9 Å². The summed E-state index contributed by atoms with van der Waals surface area (Å²) in [5.41, 5.74) is 17.9. The lowest BCUT2D eigenvalue weighted by atomic mass is 10.0. The molecule has 0 aliphatic carbocycles. The molecule has 17 heteroatoms. The van der Waals surface area contributed by atoms with Gasteiger partial charge in [0.2, 0.25) is 23.2 Å². The number of nitrogens with two attached hydrogens (primary N) is 3. The first-order chi connectivity index (χ1) is 19.0. The van der Waals surface area contributed by atoms with Gasteiger partial charge in [-0.25, -0.2) is 4.98 Å². The standard InChI is InChI=1S/C27H32F3N7O3.4ClH/c28-27(29,30)19-7-5-17(6-8-19)13-23(26(40)35-20-14-18-3-1-2-4-22(18)34-15-20)36-25(39)21(33)9-10-24(38)37(16-32)12-11-31;;;;/h1-8,14-15,21,23H,9-13,16,31-33H2,(H,35,40)(H,36,39);4*1H/p-3/t21-,23+;;;;/m0..../s1. The highest BCUT2D eigenvalue weighted by molar-refractivity contribution is 5.98. The zero-order chi connectivity index (χ0) is 29.3. The zero-order valence-corrected chi connectivity index (χ0v) is 26.2. The second kappa shape index (κ2) is 20.2. The maximum absolute atomic E-state index is 13.3. The van der Waals surface area contributed by atoms with Gasteiger partial charge in [0.25, 0.3) is 0 Å². The summed E-state index contributed by atoms with van der Waals surface area (Å²) in [7, 11) is 0. The van der Waals surface area contributed by atoms with Gasteiger partial charge < -0.3 is 82.4 Å². The Morgan fingerprint density at radius 2 is 1.57 bits per heavy atom. The molecule has 0 aliphatic heterocycles. The molecule has 2 atom stereocenters. The number of alkyl halides is 3. The number of rotatable bonds is 12. The summed E-state index contributed by atoms with van der Waals surface area (Å²) < 4.78 is 39.0. The van der Waals surface area contributed by atoms with Crippen molar-refractivity contribution in [3.05, 3.63) is 71.9 Å². The Kier molecular flexibility index (Phi) is 19.8. The van der Waals surface area contributed by atoms with E-state index in [2.05, 4.69) is 15.6 Å². The van der Waals surface area contributed by atoms with Crippen LogP contribution < -0.4 is 82.4 Å². The minimum Gasteiger partial charge on any atom is -1.00 e. The molecule has 1 heterocycles. The highest BCUT2D eigenvalue weighted by Gasteiger charge is 2.31. The summed E-state index contributed by atoms with van der Waals surface area (Å²) in [6, 6.07) is 11.2. The monoisotopic (exact) mass is 700 g/mol. The molecule has 1 aromatic heterocycles. The van der Waals surface area contributed by atoms with E-state index in [0.29, 0.717) is 11.3 Å². The molecular weight excluding hydrogens is 669 g/mol. The summed E-state index contributed by atoms with van der Waals surface area (Å²) in [6.45, 7) is 0.461. The summed E-state index contributed by atoms with van der Waals surface area (Å²) in [4.78, 5) is 42.9. The number of H-pyrrole nitrogens is 1. The number of amides is 3. The number of anilines is 1. The third-order valence-corrected chi connectivity index (χ3v) is 6.25. The molecule has 3 amide bonds. The van der Waals surface area contributed by atoms with Crippen LogP contribution in [-0.2, 0) is 27.0 Å². The molecule has 0 radical (unpaired) electrons. The van der Waals surface area contributed by atoms with E-state index in [1.807, 2.05) is 24.3 Å². The number of aromatic amines is 1. The second-order valence-corrected chi connectivity index (χ2v) is 9.20. The molecule has 0 fully saturated rings. The van der Waals surface area contributed by atoms with Crippen molar-refractivity contribution < 1.29 is 82.2 Å². The van der Waals surface area contributed by atoms with E-state index in [0.717, 1.165) is 23.0 Å². The van der Waals surface area contributed by atoms with Crippen LogP contribution in [0.1, 0.15) is 24.0 Å². The molecule has 9 N–H and O–H groups in total. The fourth-order valence-electron chi connectivity index (χ4n) is 4.02. The van der Waals surface area contributed by atoms with E-state index in [1.165, 1.54) is 17.0 Å². The molecule has 10 nitrogen and oxygen atoms in total. The Morgan fingerprint density at radius 3 is 2.16 bits per heavy atom. The quantitative estimate of drug-likeness (QED) is 0.118. The van der Waals surface area contributed by atoms with Crippen LogP contribution in [0.25, 0.3) is 10.9 Å². The number of nitrogens with one attached hydrogen (secondary N) is 3. The van der Waals surface area contributed by atoms with E-state index >= 15 is 0 Å². The largest absolute Gasteiger partial charge is 1.00 e. The average molecular weight is 702 g/mol. The molecule has 3 aromatic rings. The number of hydrogen-bond donors (Lipinski definition) is 5. The minimum atomic E-state index is -4.51. The molecule has 0 saturated heterocycles. The van der Waals surface area contributed by atoms with Gasteiger partial charge in [0.05, 0.1) is 18.3 Å². The van der Waals surface area contributed by atoms with Crippen LogP contribution in [-0.4, -0.2) is 54.5 Å². The van der Waals surface area contributed by atoms with Crippen molar-refractivity contribution in [2.24, 2.45) is 17.2 Å². The van der Waals surface area contributed by atoms with Crippen LogP contribution in [0, 0.1) is 0 Å². The van der Waals surface area contributed by atoms with Crippen molar-refractivity contribution in [2.75, 3.05) is 25.1 Å². The van der Waals surface area contributed by atoms with Crippen molar-refractivity contribution in [3.8, 4) is 0 Å². The lowest BCUT2D eigenvalue weighted by Gasteiger charge is -2.22. The predicted octanol–water partition coefficient (Wildman–Crippen LogP) is -10.8. The number of nitrogens with zero attached hydrogens (tertiary/aromatic N) is 1. The van der Waals surface area contributed by atoms with Crippen LogP contribution in [0.15, 0.2) is 60.8 Å². The fraction of sp³-hybridized carbons (Fsp3) is 0.333. The molecule has 0 saturated carbocycles. The number of fused-ring (bicyclic) bond motifs is 1. The van der Waals surface area contributed by atoms with E-state index in [-0.39, 0.29) is 94.6 Å². The first kappa shape index (κ1) is 43.2. The molecule has 44 heavy (non-hydrogen) atoms. The molecule has 0 bridgehead atoms. The van der Waals surface area contributed by atoms with Crippen molar-refractivity contribution in [2.45, 2.75) is 37.5 Å². The lowest BCUT2D eigenvalue weighted by molar-refractivity contribution is -0.343. The van der Waals surface area contributed by atoms with E-state index in [4.69, 9.17) is 17.2 Å². The normalized spacial score (nSPS) is 11.8. The Bertz CT molecular complexity index is 1340. The first-order valence-electron chi connectivity index (χ1n) is 12.6. The van der Waals surface area contributed by atoms with E-state index in [9.17, 15) is 27.6 Å². The van der Waals surface area contributed by atoms with Crippen LogP contribution in [0.2, 0.25) is 0 Å². The molecule has 2 aromatic carbocycles. The summed E-state index contributed by atoms with van der Waals surface area (Å²) in [6.07, 6.45) is -3.10. The Labute approximate surface area is 277 Å². The number of pyridine rings is 1. The van der Waals surface area contributed by atoms with E-state index in [1.54, 1.807) is 12.3 Å². The van der Waals surface area contributed by atoms with Gasteiger partial charge >= 0.3 is 6.18 Å². The number of para-hydroxylation sites is 1.